The fourth-order valence-electron chi connectivity index (χ4n) is 5.39. The molecular weight excluding hydrogens is 521 g/mol. The van der Waals surface area contributed by atoms with E-state index in [-0.39, 0.29) is 11.7 Å². The van der Waals surface area contributed by atoms with Gasteiger partial charge in [-0.15, -0.1) is 0 Å². The van der Waals surface area contributed by atoms with Gasteiger partial charge in [-0.25, -0.2) is 9.37 Å². The topological polar surface area (TPSA) is 90.8 Å². The van der Waals surface area contributed by atoms with Crippen LogP contribution in [-0.4, -0.2) is 81.0 Å². The molecule has 2 saturated heterocycles. The predicted octanol–water partition coefficient (Wildman–Crippen LogP) is 6.23. The van der Waals surface area contributed by atoms with Gasteiger partial charge in [0.25, 0.3) is 0 Å². The Hall–Kier alpha value is -2.88. The number of hydrogen-bond acceptors (Lipinski definition) is 8. The van der Waals surface area contributed by atoms with Crippen LogP contribution < -0.4 is 10.2 Å². The normalized spacial score (nSPS) is 17.9. The first-order valence-electron chi connectivity index (χ1n) is 15.1. The molecule has 2 N–H and O–H groups in total. The highest BCUT2D eigenvalue weighted by molar-refractivity contribution is 6.10. The lowest BCUT2D eigenvalue weighted by molar-refractivity contribution is 0.0115. The number of rotatable bonds is 8. The highest BCUT2D eigenvalue weighted by Gasteiger charge is 2.32. The molecule has 0 unspecified atom stereocenters. The molecule has 9 heteroatoms. The lowest BCUT2D eigenvalue weighted by Gasteiger charge is -2.41. The van der Waals surface area contributed by atoms with Crippen LogP contribution in [0.25, 0.3) is 0 Å². The van der Waals surface area contributed by atoms with Crippen LogP contribution in [0.15, 0.2) is 24.3 Å². The highest BCUT2D eigenvalue weighted by Crippen LogP contribution is 2.38. The molecule has 1 saturated carbocycles. The molecule has 41 heavy (non-hydrogen) atoms. The molecule has 3 fully saturated rings. The first-order chi connectivity index (χ1) is 19.9. The zero-order chi connectivity index (χ0) is 29.8. The maximum atomic E-state index is 13.9. The number of pyridine rings is 1. The van der Waals surface area contributed by atoms with Crippen molar-refractivity contribution in [3.05, 3.63) is 46.9 Å². The maximum absolute atomic E-state index is 13.9. The van der Waals surface area contributed by atoms with Crippen molar-refractivity contribution in [3.63, 3.8) is 0 Å². The van der Waals surface area contributed by atoms with Gasteiger partial charge in [0.1, 0.15) is 17.3 Å². The number of piperidine rings is 1. The van der Waals surface area contributed by atoms with E-state index >= 15 is 0 Å². The second-order valence-electron chi connectivity index (χ2n) is 10.5. The van der Waals surface area contributed by atoms with E-state index in [9.17, 15) is 9.18 Å². The van der Waals surface area contributed by atoms with E-state index in [1.807, 2.05) is 26.8 Å². The summed E-state index contributed by atoms with van der Waals surface area (Å²) in [7, 11) is 1.68. The minimum atomic E-state index is -0.267. The summed E-state index contributed by atoms with van der Waals surface area (Å²) in [5, 5.41) is 12.4. The molecule has 1 aromatic heterocycles. The molecule has 0 atom stereocenters. The van der Waals surface area contributed by atoms with Crippen molar-refractivity contribution in [3.8, 4) is 0 Å². The van der Waals surface area contributed by atoms with E-state index in [0.29, 0.717) is 34.5 Å². The van der Waals surface area contributed by atoms with Gasteiger partial charge < -0.3 is 25.1 Å². The van der Waals surface area contributed by atoms with E-state index in [0.717, 1.165) is 95.6 Å². The van der Waals surface area contributed by atoms with Crippen LogP contribution in [0.3, 0.4) is 0 Å². The van der Waals surface area contributed by atoms with Gasteiger partial charge in [-0.3, -0.25) is 9.69 Å². The number of anilines is 3. The van der Waals surface area contributed by atoms with Gasteiger partial charge in [0.15, 0.2) is 6.29 Å². The number of morpholine rings is 1. The number of carbonyl (C=O) groups excluding carboxylic acids is 1. The van der Waals surface area contributed by atoms with E-state index in [2.05, 4.69) is 24.8 Å². The Balaban J connectivity index is 0.000000710. The number of aryl methyl sites for hydroxylation is 1. The molecule has 0 amide bonds. The van der Waals surface area contributed by atoms with E-state index in [1.54, 1.807) is 26.2 Å². The number of aldehydes is 1. The Kier molecular flexibility index (Phi) is 13.2. The number of carbonyl (C=O) groups is 1. The Morgan fingerprint density at radius 3 is 2.34 bits per heavy atom. The van der Waals surface area contributed by atoms with E-state index in [1.165, 1.54) is 6.07 Å². The lowest BCUT2D eigenvalue weighted by Crippen LogP contribution is -2.49. The Labute approximate surface area is 245 Å². The minimum Gasteiger partial charge on any atom is -0.385 e. The SMILES string of the molecule is CC.CCOC.Cc1cc(Nc2nc(C=O)cc(N3CCC(N4CCOCC4)CC3)c2C(=N)C2CCC2)ccc1F. The molecule has 1 aliphatic carbocycles. The number of nitrogens with one attached hydrogen (secondary N) is 2. The van der Waals surface area contributed by atoms with Crippen LogP contribution in [0.1, 0.15) is 74.5 Å². The third-order valence-electron chi connectivity index (χ3n) is 8.00. The van der Waals surface area contributed by atoms with Crippen molar-refractivity contribution >= 4 is 29.2 Å². The average molecular weight is 570 g/mol. The molecule has 3 heterocycles. The maximum Gasteiger partial charge on any atom is 0.168 e. The first-order valence-corrected chi connectivity index (χ1v) is 15.1. The Bertz CT molecular complexity index is 1120. The number of ether oxygens (including phenoxy) is 2. The molecule has 0 spiro atoms. The summed E-state index contributed by atoms with van der Waals surface area (Å²) in [6.45, 7) is 13.8. The first kappa shape index (κ1) is 32.6. The van der Waals surface area contributed by atoms with E-state index < -0.39 is 0 Å². The molecule has 2 aromatic rings. The third-order valence-corrected chi connectivity index (χ3v) is 8.00. The van der Waals surface area contributed by atoms with Gasteiger partial charge >= 0.3 is 0 Å². The summed E-state index contributed by atoms with van der Waals surface area (Å²) in [4.78, 5) is 21.3. The van der Waals surface area contributed by atoms with Gasteiger partial charge in [0.05, 0.1) is 24.5 Å². The van der Waals surface area contributed by atoms with Crippen LogP contribution in [0.4, 0.5) is 21.6 Å². The van der Waals surface area contributed by atoms with Crippen LogP contribution >= 0.6 is 0 Å². The largest absolute Gasteiger partial charge is 0.385 e. The van der Waals surface area contributed by atoms with Gasteiger partial charge in [0.2, 0.25) is 0 Å². The summed E-state index contributed by atoms with van der Waals surface area (Å²) in [5.41, 5.74) is 3.81. The Morgan fingerprint density at radius 2 is 1.80 bits per heavy atom. The average Bonchev–Trinajstić information content (AvgIpc) is 2.99. The summed E-state index contributed by atoms with van der Waals surface area (Å²) < 4.78 is 23.9. The van der Waals surface area contributed by atoms with Crippen molar-refractivity contribution in [2.75, 3.05) is 63.3 Å². The number of aromatic nitrogens is 1. The molecule has 0 bridgehead atoms. The lowest BCUT2D eigenvalue weighted by atomic mass is 9.79. The van der Waals surface area contributed by atoms with E-state index in [4.69, 9.17) is 10.1 Å². The fraction of sp³-hybridized carbons (Fsp3) is 0.594. The number of hydrogen-bond donors (Lipinski definition) is 2. The summed E-state index contributed by atoms with van der Waals surface area (Å²) in [6, 6.07) is 7.20. The van der Waals surface area contributed by atoms with Gasteiger partial charge in [-0.2, -0.15) is 0 Å². The van der Waals surface area contributed by atoms with Gasteiger partial charge in [0, 0.05) is 63.3 Å². The summed E-state index contributed by atoms with van der Waals surface area (Å²) >= 11 is 0. The molecule has 5 rings (SSSR count). The smallest absolute Gasteiger partial charge is 0.168 e. The summed E-state index contributed by atoms with van der Waals surface area (Å²) in [5.74, 6) is 0.443. The van der Waals surface area contributed by atoms with Crippen molar-refractivity contribution in [1.82, 2.24) is 9.88 Å². The fourth-order valence-corrected chi connectivity index (χ4v) is 5.39. The minimum absolute atomic E-state index is 0.207. The van der Waals surface area contributed by atoms with Gasteiger partial charge in [-0.1, -0.05) is 20.3 Å². The van der Waals surface area contributed by atoms with Crippen LogP contribution in [0.5, 0.6) is 0 Å². The second-order valence-corrected chi connectivity index (χ2v) is 10.5. The predicted molar refractivity (Wildman–Crippen MR) is 165 cm³/mol. The number of methoxy groups -OCH3 is 1. The highest BCUT2D eigenvalue weighted by atomic mass is 19.1. The number of benzene rings is 1. The quantitative estimate of drug-likeness (QED) is 0.288. The second kappa shape index (κ2) is 16.5. The molecule has 226 valence electrons. The van der Waals surface area contributed by atoms with Gasteiger partial charge in [-0.05, 0) is 69.4 Å². The molecule has 3 aliphatic rings. The molecule has 2 aliphatic heterocycles. The zero-order valence-corrected chi connectivity index (χ0v) is 25.5. The number of nitrogens with zero attached hydrogens (tertiary/aromatic N) is 3. The molecule has 8 nitrogen and oxygen atoms in total. The molecule has 0 radical (unpaired) electrons. The Morgan fingerprint density at radius 1 is 1.15 bits per heavy atom. The number of halogens is 1. The zero-order valence-electron chi connectivity index (χ0n) is 25.5. The monoisotopic (exact) mass is 569 g/mol. The van der Waals surface area contributed by atoms with Crippen LogP contribution in [0, 0.1) is 24.1 Å². The van der Waals surface area contributed by atoms with Crippen molar-refractivity contribution < 1.29 is 18.7 Å². The third kappa shape index (κ3) is 8.56. The molecular formula is C32H48FN5O3. The standard InChI is InChI=1S/C27H34FN5O2.C3H8O.C2H6/c1-18-15-20(5-6-23(18)28)30-27-25(26(29)19-3-2-4-19)24(16-21(17-34)31-27)33-9-7-22(8-10-33)32-11-13-35-14-12-32;1-3-4-2;1-2/h5-6,15-17,19,22,29H,2-4,7-14H2,1H3,(H,30,31);3H2,1-2H3;1-2H3. The van der Waals surface area contributed by atoms with Crippen LogP contribution in [-0.2, 0) is 9.47 Å². The van der Waals surface area contributed by atoms with Crippen LogP contribution in [0.2, 0.25) is 0 Å². The summed E-state index contributed by atoms with van der Waals surface area (Å²) in [6.07, 6.45) is 5.97. The van der Waals surface area contributed by atoms with Crippen molar-refractivity contribution in [2.24, 2.45) is 5.92 Å². The molecule has 1 aromatic carbocycles. The van der Waals surface area contributed by atoms with Crippen molar-refractivity contribution in [1.29, 1.82) is 5.41 Å². The van der Waals surface area contributed by atoms with Crippen molar-refractivity contribution in [2.45, 2.75) is 65.8 Å².